The number of hydrogen-bond acceptors (Lipinski definition) is 6. The van der Waals surface area contributed by atoms with E-state index in [-0.39, 0.29) is 24.4 Å². The lowest BCUT2D eigenvalue weighted by Gasteiger charge is -2.26. The molecular weight excluding hydrogens is 512 g/mol. The zero-order valence-electron chi connectivity index (χ0n) is 21.6. The molecule has 4 aromatic rings. The van der Waals surface area contributed by atoms with Crippen LogP contribution in [0.4, 0.5) is 5.69 Å². The smallest absolute Gasteiger partial charge is 0.338 e. The summed E-state index contributed by atoms with van der Waals surface area (Å²) in [7, 11) is 1.35. The number of benzene rings is 2. The monoisotopic (exact) mass is 540 g/mol. The van der Waals surface area contributed by atoms with Gasteiger partial charge in [0.2, 0.25) is 5.91 Å². The molecule has 1 aliphatic rings. The molecule has 2 aromatic carbocycles. The molecule has 2 aromatic heterocycles. The first kappa shape index (κ1) is 26.1. The van der Waals surface area contributed by atoms with E-state index in [1.54, 1.807) is 18.3 Å². The lowest BCUT2D eigenvalue weighted by Crippen LogP contribution is -2.32. The number of anilines is 1. The average molecular weight is 541 g/mol. The van der Waals surface area contributed by atoms with E-state index in [2.05, 4.69) is 15.6 Å². The fraction of sp³-hybridized carbons (Fsp3) is 0.200. The zero-order valence-corrected chi connectivity index (χ0v) is 22.4. The maximum Gasteiger partial charge on any atom is 0.338 e. The minimum atomic E-state index is -0.445. The van der Waals surface area contributed by atoms with E-state index in [1.165, 1.54) is 7.11 Å². The number of carbonyl (C=O) groups is 2. The quantitative estimate of drug-likeness (QED) is 0.225. The first-order valence-corrected chi connectivity index (χ1v) is 13.0. The molecular formula is C30H28N4O4S. The number of thiocarbonyl (C=S) groups is 1. The Kier molecular flexibility index (Phi) is 7.69. The fourth-order valence-electron chi connectivity index (χ4n) is 4.75. The molecule has 2 atom stereocenters. The van der Waals surface area contributed by atoms with Crippen molar-refractivity contribution in [2.24, 2.45) is 0 Å². The Bertz CT molecular complexity index is 1500. The third kappa shape index (κ3) is 5.53. The van der Waals surface area contributed by atoms with Gasteiger partial charge >= 0.3 is 5.97 Å². The van der Waals surface area contributed by atoms with Crippen LogP contribution in [0, 0.1) is 6.92 Å². The van der Waals surface area contributed by atoms with Crippen molar-refractivity contribution >= 4 is 34.9 Å². The molecule has 0 radical (unpaired) electrons. The summed E-state index contributed by atoms with van der Waals surface area (Å²) >= 11 is 5.72. The number of para-hydroxylation sites is 1. The zero-order chi connectivity index (χ0) is 27.4. The van der Waals surface area contributed by atoms with Gasteiger partial charge in [0, 0.05) is 30.4 Å². The predicted molar refractivity (Wildman–Crippen MR) is 152 cm³/mol. The van der Waals surface area contributed by atoms with Gasteiger partial charge in [0.25, 0.3) is 0 Å². The molecule has 0 spiro atoms. The second-order valence-corrected chi connectivity index (χ2v) is 9.56. The summed E-state index contributed by atoms with van der Waals surface area (Å²) in [5.41, 5.74) is 3.61. The number of carbonyl (C=O) groups excluding carboxylic acids is 2. The number of methoxy groups -OCH3 is 1. The predicted octanol–water partition coefficient (Wildman–Crippen LogP) is 5.44. The van der Waals surface area contributed by atoms with Crippen LogP contribution in [0.5, 0.6) is 0 Å². The Balaban J connectivity index is 1.43. The van der Waals surface area contributed by atoms with Gasteiger partial charge in [-0.25, -0.2) is 4.79 Å². The van der Waals surface area contributed by atoms with Gasteiger partial charge in [-0.05, 0) is 61.1 Å². The van der Waals surface area contributed by atoms with E-state index < -0.39 is 5.97 Å². The molecule has 1 saturated heterocycles. The van der Waals surface area contributed by atoms with Gasteiger partial charge in [-0.1, -0.05) is 42.5 Å². The van der Waals surface area contributed by atoms with Crippen molar-refractivity contribution in [1.82, 2.24) is 15.2 Å². The molecule has 0 aliphatic carbocycles. The Morgan fingerprint density at radius 3 is 2.59 bits per heavy atom. The summed E-state index contributed by atoms with van der Waals surface area (Å²) in [6.07, 6.45) is 1.95. The number of pyridine rings is 1. The van der Waals surface area contributed by atoms with Crippen LogP contribution in [0.25, 0.3) is 11.3 Å². The second kappa shape index (κ2) is 11.5. The third-order valence-corrected chi connectivity index (χ3v) is 7.07. The van der Waals surface area contributed by atoms with Crippen LogP contribution in [0.1, 0.15) is 45.9 Å². The van der Waals surface area contributed by atoms with E-state index in [4.69, 9.17) is 21.4 Å². The Hall–Kier alpha value is -4.50. The van der Waals surface area contributed by atoms with Crippen molar-refractivity contribution in [3.05, 3.63) is 108 Å². The molecule has 1 aliphatic heterocycles. The van der Waals surface area contributed by atoms with Crippen LogP contribution in [-0.2, 0) is 9.53 Å². The molecule has 1 amide bonds. The molecule has 39 heavy (non-hydrogen) atoms. The molecule has 5 rings (SSSR count). The number of esters is 1. The van der Waals surface area contributed by atoms with Crippen molar-refractivity contribution in [2.75, 3.05) is 19.0 Å². The van der Waals surface area contributed by atoms with E-state index in [0.717, 1.165) is 16.9 Å². The molecule has 198 valence electrons. The summed E-state index contributed by atoms with van der Waals surface area (Å²) in [6.45, 7) is 2.32. The fourth-order valence-corrected chi connectivity index (χ4v) is 5.08. The Labute approximate surface area is 232 Å². The minimum absolute atomic E-state index is 0.112. The molecule has 9 heteroatoms. The number of aryl methyl sites for hydroxylation is 1. The summed E-state index contributed by atoms with van der Waals surface area (Å²) in [5, 5.41) is 6.86. The van der Waals surface area contributed by atoms with Gasteiger partial charge in [0.05, 0.1) is 24.4 Å². The summed E-state index contributed by atoms with van der Waals surface area (Å²) in [4.78, 5) is 31.7. The lowest BCUT2D eigenvalue weighted by atomic mass is 10.0. The number of furan rings is 1. The number of amides is 1. The first-order chi connectivity index (χ1) is 19.0. The van der Waals surface area contributed by atoms with Gasteiger partial charge < -0.3 is 24.7 Å². The number of aromatic nitrogens is 1. The van der Waals surface area contributed by atoms with Crippen LogP contribution in [0.3, 0.4) is 0 Å². The number of ether oxygens (including phenoxy) is 1. The van der Waals surface area contributed by atoms with E-state index in [9.17, 15) is 9.59 Å². The summed E-state index contributed by atoms with van der Waals surface area (Å²) < 4.78 is 11.3. The van der Waals surface area contributed by atoms with Crippen molar-refractivity contribution < 1.29 is 18.7 Å². The van der Waals surface area contributed by atoms with Gasteiger partial charge in [0.15, 0.2) is 5.11 Å². The Morgan fingerprint density at radius 1 is 1.05 bits per heavy atom. The van der Waals surface area contributed by atoms with Gasteiger partial charge in [-0.2, -0.15) is 0 Å². The molecule has 1 fully saturated rings. The van der Waals surface area contributed by atoms with Gasteiger partial charge in [-0.3, -0.25) is 9.78 Å². The molecule has 2 unspecified atom stereocenters. The topological polar surface area (TPSA) is 96.7 Å². The molecule has 8 nitrogen and oxygen atoms in total. The van der Waals surface area contributed by atoms with Crippen LogP contribution >= 0.6 is 12.2 Å². The number of rotatable bonds is 8. The first-order valence-electron chi connectivity index (χ1n) is 12.6. The number of nitrogens with one attached hydrogen (secondary N) is 2. The normalized spacial score (nSPS) is 16.6. The molecule has 0 bridgehead atoms. The highest BCUT2D eigenvalue weighted by atomic mass is 32.1. The van der Waals surface area contributed by atoms with Crippen molar-refractivity contribution in [1.29, 1.82) is 0 Å². The molecule has 0 saturated carbocycles. The SMILES string of the molecule is COC(=O)c1ccccc1-c1ccc(C2C(c3ccccn3)NC(=S)N2CCC(=O)Nc2ccccc2C)o1. The summed E-state index contributed by atoms with van der Waals surface area (Å²) in [5.74, 6) is 0.604. The second-order valence-electron chi connectivity index (χ2n) is 9.17. The Morgan fingerprint density at radius 2 is 1.82 bits per heavy atom. The highest BCUT2D eigenvalue weighted by Crippen LogP contribution is 2.41. The highest BCUT2D eigenvalue weighted by molar-refractivity contribution is 7.80. The van der Waals surface area contributed by atoms with E-state index in [0.29, 0.717) is 34.3 Å². The summed E-state index contributed by atoms with van der Waals surface area (Å²) in [6, 6.07) is 23.5. The maximum atomic E-state index is 12.9. The number of nitrogens with zero attached hydrogens (tertiary/aromatic N) is 2. The van der Waals surface area contributed by atoms with Crippen molar-refractivity contribution in [3.63, 3.8) is 0 Å². The van der Waals surface area contributed by atoms with Gasteiger partial charge in [-0.15, -0.1) is 0 Å². The van der Waals surface area contributed by atoms with Crippen LogP contribution in [0.15, 0.2) is 89.5 Å². The number of hydrogen-bond donors (Lipinski definition) is 2. The van der Waals surface area contributed by atoms with Crippen LogP contribution in [0.2, 0.25) is 0 Å². The molecule has 3 heterocycles. The largest absolute Gasteiger partial charge is 0.465 e. The van der Waals surface area contributed by atoms with Crippen LogP contribution < -0.4 is 10.6 Å². The average Bonchev–Trinajstić information content (AvgIpc) is 3.57. The standard InChI is InChI=1S/C30H28N4O4S/c1-19-9-3-6-12-22(19)32-26(35)16-18-34-28(27(33-30(34)39)23-13-7-8-17-31-23)25-15-14-24(38-25)20-10-4-5-11-21(20)29(36)37-2/h3-15,17,27-28H,16,18H2,1-2H3,(H,32,35)(H,33,39). The highest BCUT2D eigenvalue weighted by Gasteiger charge is 2.41. The van der Waals surface area contributed by atoms with Gasteiger partial charge in [0.1, 0.15) is 17.6 Å². The molecule has 2 N–H and O–H groups in total. The van der Waals surface area contributed by atoms with Crippen molar-refractivity contribution in [3.8, 4) is 11.3 Å². The maximum absolute atomic E-state index is 12.9. The lowest BCUT2D eigenvalue weighted by molar-refractivity contribution is -0.116. The third-order valence-electron chi connectivity index (χ3n) is 6.71. The van der Waals surface area contributed by atoms with Crippen LogP contribution in [-0.4, -0.2) is 40.5 Å². The van der Waals surface area contributed by atoms with E-state index in [1.807, 2.05) is 78.6 Å². The van der Waals surface area contributed by atoms with E-state index >= 15 is 0 Å². The minimum Gasteiger partial charge on any atom is -0.465 e. The van der Waals surface area contributed by atoms with Crippen molar-refractivity contribution in [2.45, 2.75) is 25.4 Å².